The van der Waals surface area contributed by atoms with Gasteiger partial charge in [-0.3, -0.25) is 0 Å². The van der Waals surface area contributed by atoms with Crippen LogP contribution in [-0.4, -0.2) is 14.7 Å². The van der Waals surface area contributed by atoms with Gasteiger partial charge in [0, 0.05) is 18.1 Å². The summed E-state index contributed by atoms with van der Waals surface area (Å²) in [6, 6.07) is 9.23. The Balaban J connectivity index is 2.27. The molecule has 3 aromatic rings. The maximum atomic E-state index is 13.2. The van der Waals surface area contributed by atoms with Crippen molar-refractivity contribution in [1.82, 2.24) is 9.55 Å². The molecule has 19 heavy (non-hydrogen) atoms. The maximum absolute atomic E-state index is 13.2. The van der Waals surface area contributed by atoms with E-state index in [9.17, 15) is 9.50 Å². The fraction of sp³-hybridized carbons (Fsp3) is 0.0714. The number of hydrogen-bond acceptors (Lipinski definition) is 2. The molecule has 0 unspecified atom stereocenters. The van der Waals surface area contributed by atoms with Crippen molar-refractivity contribution < 1.29 is 9.50 Å². The zero-order valence-electron chi connectivity index (χ0n) is 10.1. The second-order valence-electron chi connectivity index (χ2n) is 4.29. The van der Waals surface area contributed by atoms with E-state index in [1.807, 2.05) is 7.05 Å². The van der Waals surface area contributed by atoms with E-state index in [2.05, 4.69) is 4.98 Å². The molecule has 0 aliphatic carbocycles. The van der Waals surface area contributed by atoms with E-state index in [1.165, 1.54) is 18.2 Å². The van der Waals surface area contributed by atoms with Crippen molar-refractivity contribution in [3.63, 3.8) is 0 Å². The number of aromatic nitrogens is 2. The van der Waals surface area contributed by atoms with Gasteiger partial charge in [-0.2, -0.15) is 0 Å². The first-order valence-corrected chi connectivity index (χ1v) is 6.05. The summed E-state index contributed by atoms with van der Waals surface area (Å²) < 4.78 is 15.0. The Labute approximate surface area is 113 Å². The van der Waals surface area contributed by atoms with Crippen molar-refractivity contribution in [2.24, 2.45) is 7.05 Å². The van der Waals surface area contributed by atoms with Crippen LogP contribution in [0.25, 0.3) is 22.4 Å². The number of rotatable bonds is 1. The number of halogens is 2. The number of hydrogen-bond donors (Lipinski definition) is 1. The van der Waals surface area contributed by atoms with Gasteiger partial charge in [-0.15, -0.1) is 0 Å². The van der Waals surface area contributed by atoms with Crippen LogP contribution in [-0.2, 0) is 7.05 Å². The number of phenols is 1. The molecule has 0 spiro atoms. The summed E-state index contributed by atoms with van der Waals surface area (Å²) in [6.07, 6.45) is 0. The van der Waals surface area contributed by atoms with E-state index in [0.717, 1.165) is 5.52 Å². The molecule has 5 heteroatoms. The zero-order valence-corrected chi connectivity index (χ0v) is 10.8. The molecule has 3 nitrogen and oxygen atoms in total. The van der Waals surface area contributed by atoms with Crippen LogP contribution in [0.3, 0.4) is 0 Å². The molecule has 3 rings (SSSR count). The largest absolute Gasteiger partial charge is 0.507 e. The Hall–Kier alpha value is -2.07. The Morgan fingerprint density at radius 2 is 2.00 bits per heavy atom. The molecule has 0 atom stereocenters. The highest BCUT2D eigenvalue weighted by atomic mass is 35.5. The van der Waals surface area contributed by atoms with Crippen LogP contribution in [0.15, 0.2) is 36.4 Å². The number of fused-ring (bicyclic) bond motifs is 1. The van der Waals surface area contributed by atoms with Crippen molar-refractivity contribution in [2.45, 2.75) is 0 Å². The predicted molar refractivity (Wildman–Crippen MR) is 72.8 cm³/mol. The lowest BCUT2D eigenvalue weighted by molar-refractivity contribution is 0.476. The van der Waals surface area contributed by atoms with E-state index < -0.39 is 0 Å². The third-order valence-corrected chi connectivity index (χ3v) is 3.28. The summed E-state index contributed by atoms with van der Waals surface area (Å²) in [7, 11) is 1.82. The van der Waals surface area contributed by atoms with Gasteiger partial charge in [-0.25, -0.2) is 9.37 Å². The molecule has 0 radical (unpaired) electrons. The van der Waals surface area contributed by atoms with E-state index in [0.29, 0.717) is 21.9 Å². The molecule has 0 fully saturated rings. The van der Waals surface area contributed by atoms with Gasteiger partial charge in [0.05, 0.1) is 16.6 Å². The summed E-state index contributed by atoms with van der Waals surface area (Å²) in [5, 5.41) is 10.4. The molecule has 1 N–H and O–H groups in total. The average molecular weight is 277 g/mol. The van der Waals surface area contributed by atoms with Crippen LogP contribution in [0, 0.1) is 5.82 Å². The molecule has 0 aliphatic heterocycles. The minimum absolute atomic E-state index is 0.0476. The van der Waals surface area contributed by atoms with Crippen molar-refractivity contribution in [2.75, 3.05) is 0 Å². The third kappa shape index (κ3) is 1.94. The number of imidazole rings is 1. The predicted octanol–water partition coefficient (Wildman–Crippen LogP) is 3.74. The first-order chi connectivity index (χ1) is 9.06. The summed E-state index contributed by atoms with van der Waals surface area (Å²) in [4.78, 5) is 4.35. The Morgan fingerprint density at radius 3 is 2.74 bits per heavy atom. The van der Waals surface area contributed by atoms with Gasteiger partial charge in [0.1, 0.15) is 17.4 Å². The molecule has 1 aromatic heterocycles. The van der Waals surface area contributed by atoms with Crippen molar-refractivity contribution in [3.05, 3.63) is 47.2 Å². The summed E-state index contributed by atoms with van der Waals surface area (Å²) in [5.74, 6) is 0.277. The number of phenolic OH excluding ortho intramolecular Hbond substituents is 1. The lowest BCUT2D eigenvalue weighted by Crippen LogP contribution is -1.92. The van der Waals surface area contributed by atoms with Gasteiger partial charge in [0.2, 0.25) is 0 Å². The van der Waals surface area contributed by atoms with Gasteiger partial charge in [-0.05, 0) is 30.3 Å². The number of benzene rings is 2. The van der Waals surface area contributed by atoms with Gasteiger partial charge >= 0.3 is 0 Å². The molecule has 96 valence electrons. The van der Waals surface area contributed by atoms with Crippen LogP contribution in [0.1, 0.15) is 0 Å². The molecule has 0 bridgehead atoms. The average Bonchev–Trinajstić information content (AvgIpc) is 2.66. The molecule has 0 saturated heterocycles. The number of aromatic hydroxyl groups is 1. The molecule has 0 saturated carbocycles. The van der Waals surface area contributed by atoms with E-state index in [1.54, 1.807) is 22.8 Å². The second kappa shape index (κ2) is 4.24. The van der Waals surface area contributed by atoms with Gasteiger partial charge < -0.3 is 9.67 Å². The van der Waals surface area contributed by atoms with Crippen LogP contribution in [0.2, 0.25) is 5.02 Å². The minimum atomic E-state index is -0.336. The SMILES string of the molecule is Cn1c(-c2ccc(Cl)cc2O)nc2cc(F)ccc21. The molecular weight excluding hydrogens is 267 g/mol. The van der Waals surface area contributed by atoms with Crippen molar-refractivity contribution in [1.29, 1.82) is 0 Å². The monoisotopic (exact) mass is 276 g/mol. The fourth-order valence-corrected chi connectivity index (χ4v) is 2.27. The van der Waals surface area contributed by atoms with Crippen LogP contribution < -0.4 is 0 Å². The molecule has 2 aromatic carbocycles. The van der Waals surface area contributed by atoms with Crippen LogP contribution in [0.4, 0.5) is 4.39 Å². The van der Waals surface area contributed by atoms with Crippen LogP contribution in [0.5, 0.6) is 5.75 Å². The third-order valence-electron chi connectivity index (χ3n) is 3.04. The van der Waals surface area contributed by atoms with Gasteiger partial charge in [0.15, 0.2) is 0 Å². The van der Waals surface area contributed by atoms with Gasteiger partial charge in [0.25, 0.3) is 0 Å². The zero-order chi connectivity index (χ0) is 13.6. The van der Waals surface area contributed by atoms with E-state index in [-0.39, 0.29) is 11.6 Å². The molecule has 0 amide bonds. The maximum Gasteiger partial charge on any atom is 0.144 e. The highest BCUT2D eigenvalue weighted by Crippen LogP contribution is 2.32. The van der Waals surface area contributed by atoms with Gasteiger partial charge in [-0.1, -0.05) is 11.6 Å². The Kier molecular flexibility index (Phi) is 2.68. The smallest absolute Gasteiger partial charge is 0.144 e. The topological polar surface area (TPSA) is 38.0 Å². The van der Waals surface area contributed by atoms with E-state index in [4.69, 9.17) is 11.6 Å². The normalized spacial score (nSPS) is 11.1. The quantitative estimate of drug-likeness (QED) is 0.735. The lowest BCUT2D eigenvalue weighted by atomic mass is 10.2. The molecular formula is C14H10ClFN2O. The fourth-order valence-electron chi connectivity index (χ4n) is 2.11. The summed E-state index contributed by atoms with van der Waals surface area (Å²) >= 11 is 5.81. The minimum Gasteiger partial charge on any atom is -0.507 e. The lowest BCUT2D eigenvalue weighted by Gasteiger charge is -2.05. The highest BCUT2D eigenvalue weighted by molar-refractivity contribution is 6.30. The summed E-state index contributed by atoms with van der Waals surface area (Å²) in [5.41, 5.74) is 1.90. The van der Waals surface area contributed by atoms with Crippen molar-refractivity contribution in [3.8, 4) is 17.1 Å². The molecule has 1 heterocycles. The number of nitrogens with zero attached hydrogens (tertiary/aromatic N) is 2. The highest BCUT2D eigenvalue weighted by Gasteiger charge is 2.13. The summed E-state index contributed by atoms with van der Waals surface area (Å²) in [6.45, 7) is 0. The van der Waals surface area contributed by atoms with Crippen LogP contribution >= 0.6 is 11.6 Å². The first-order valence-electron chi connectivity index (χ1n) is 5.67. The number of aryl methyl sites for hydroxylation is 1. The Morgan fingerprint density at radius 1 is 1.21 bits per heavy atom. The second-order valence-corrected chi connectivity index (χ2v) is 4.73. The first kappa shape index (κ1) is 12.0. The van der Waals surface area contributed by atoms with E-state index >= 15 is 0 Å². The van der Waals surface area contributed by atoms with Crippen molar-refractivity contribution >= 4 is 22.6 Å². The molecule has 0 aliphatic rings. The standard InChI is InChI=1S/C14H10ClFN2O/c1-18-12-5-3-9(16)7-11(12)17-14(18)10-4-2-8(15)6-13(10)19/h2-7,19H,1H3. The Bertz CT molecular complexity index is 782.